The lowest BCUT2D eigenvalue weighted by Crippen LogP contribution is -2.36. The number of nitrogens with one attached hydrogen (secondary N) is 2. The molecule has 1 saturated carbocycles. The highest BCUT2D eigenvalue weighted by Crippen LogP contribution is 2.37. The Labute approximate surface area is 233 Å². The first-order chi connectivity index (χ1) is 18.8. The van der Waals surface area contributed by atoms with Crippen LogP contribution in [0.4, 0.5) is 20.8 Å². The van der Waals surface area contributed by atoms with Crippen LogP contribution in [-0.4, -0.2) is 41.2 Å². The Bertz CT molecular complexity index is 1510. The minimum absolute atomic E-state index is 0.0249. The van der Waals surface area contributed by atoms with Crippen LogP contribution in [0.3, 0.4) is 0 Å². The van der Waals surface area contributed by atoms with Gasteiger partial charge in [0.25, 0.3) is 10.0 Å². The van der Waals surface area contributed by atoms with Gasteiger partial charge in [0.1, 0.15) is 17.2 Å². The molecule has 0 radical (unpaired) electrons. The van der Waals surface area contributed by atoms with Crippen molar-refractivity contribution in [3.63, 3.8) is 0 Å². The molecule has 2 aromatic heterocycles. The molecule has 0 aliphatic heterocycles. The smallest absolute Gasteiger partial charge is 0.421 e. The van der Waals surface area contributed by atoms with Gasteiger partial charge in [-0.2, -0.15) is 0 Å². The fraction of sp³-hybridized carbons (Fsp3) is 0.357. The maximum absolute atomic E-state index is 14.7. The SMILES string of the molecule is C=C(C)c1ccncc1O[C@H]1CC[C@@H](c2cnc(Nc3ccc(S(=O)(=O)NC(=O)OC(C)(C)C)cc3F)nc2)C1. The van der Waals surface area contributed by atoms with Crippen LogP contribution in [0.25, 0.3) is 5.57 Å². The predicted molar refractivity (Wildman–Crippen MR) is 148 cm³/mol. The van der Waals surface area contributed by atoms with E-state index in [0.29, 0.717) is 0 Å². The topological polar surface area (TPSA) is 132 Å². The predicted octanol–water partition coefficient (Wildman–Crippen LogP) is 5.72. The van der Waals surface area contributed by atoms with E-state index >= 15 is 0 Å². The zero-order valence-electron chi connectivity index (χ0n) is 22.8. The second-order valence-corrected chi connectivity index (χ2v) is 12.3. The van der Waals surface area contributed by atoms with Crippen LogP contribution >= 0.6 is 0 Å². The summed E-state index contributed by atoms with van der Waals surface area (Å²) in [5.74, 6) is 0.220. The second-order valence-electron chi connectivity index (χ2n) is 10.6. The molecule has 0 spiro atoms. The zero-order chi connectivity index (χ0) is 29.1. The number of carbonyl (C=O) groups excluding carboxylic acids is 1. The number of amides is 1. The number of hydrogen-bond donors (Lipinski definition) is 2. The standard InChI is InChI=1S/C28H32FN5O5S/c1-17(2)22-10-11-30-16-25(22)38-20-7-6-18(12-20)19-14-31-26(32-15-19)33-24-9-8-21(13-23(24)29)40(36,37)34-27(35)39-28(3,4)5/h8-11,13-16,18,20H,1,6-7,12H2,2-5H3,(H,34,35)(H,31,32,33)/t18-,20+/m1/s1. The molecule has 0 bridgehead atoms. The number of hydrogen-bond acceptors (Lipinski definition) is 9. The Morgan fingerprint density at radius 1 is 1.12 bits per heavy atom. The molecule has 1 aliphatic carbocycles. The van der Waals surface area contributed by atoms with Crippen LogP contribution < -0.4 is 14.8 Å². The van der Waals surface area contributed by atoms with Gasteiger partial charge in [-0.3, -0.25) is 4.98 Å². The summed E-state index contributed by atoms with van der Waals surface area (Å²) >= 11 is 0. The fourth-order valence-electron chi connectivity index (χ4n) is 4.32. The van der Waals surface area contributed by atoms with Gasteiger partial charge in [-0.25, -0.2) is 32.3 Å². The van der Waals surface area contributed by atoms with E-state index in [1.54, 1.807) is 50.3 Å². The van der Waals surface area contributed by atoms with E-state index in [9.17, 15) is 17.6 Å². The monoisotopic (exact) mass is 569 g/mol. The molecule has 1 aromatic carbocycles. The summed E-state index contributed by atoms with van der Waals surface area (Å²) < 4.78 is 52.6. The van der Waals surface area contributed by atoms with Crippen molar-refractivity contribution in [1.82, 2.24) is 19.7 Å². The first-order valence-corrected chi connectivity index (χ1v) is 14.2. The van der Waals surface area contributed by atoms with Gasteiger partial charge in [0.05, 0.1) is 22.9 Å². The molecule has 212 valence electrons. The van der Waals surface area contributed by atoms with Crippen LogP contribution in [0.2, 0.25) is 0 Å². The van der Waals surface area contributed by atoms with Crippen LogP contribution in [0.15, 0.2) is 60.5 Å². The molecule has 2 heterocycles. The number of anilines is 2. The van der Waals surface area contributed by atoms with Crippen LogP contribution in [0.1, 0.15) is 64.0 Å². The van der Waals surface area contributed by atoms with Gasteiger partial charge in [0.2, 0.25) is 5.95 Å². The maximum Gasteiger partial charge on any atom is 0.421 e. The Hall–Kier alpha value is -4.06. The molecule has 0 unspecified atom stereocenters. The number of nitrogens with zero attached hydrogens (tertiary/aromatic N) is 3. The maximum atomic E-state index is 14.7. The molecule has 2 N–H and O–H groups in total. The quantitative estimate of drug-likeness (QED) is 0.350. The van der Waals surface area contributed by atoms with Crippen molar-refractivity contribution in [2.75, 3.05) is 5.32 Å². The highest BCUT2D eigenvalue weighted by Gasteiger charge is 2.29. The number of ether oxygens (including phenoxy) is 2. The Balaban J connectivity index is 1.37. The molecule has 1 amide bonds. The van der Waals surface area contributed by atoms with Crippen molar-refractivity contribution >= 4 is 33.3 Å². The summed E-state index contributed by atoms with van der Waals surface area (Å²) in [5.41, 5.74) is 1.87. The molecule has 4 rings (SSSR count). The molecule has 10 nitrogen and oxygen atoms in total. The number of allylic oxidation sites excluding steroid dienone is 1. The van der Waals surface area contributed by atoms with Crippen LogP contribution in [0.5, 0.6) is 5.75 Å². The van der Waals surface area contributed by atoms with Crippen molar-refractivity contribution in [3.05, 3.63) is 72.6 Å². The zero-order valence-corrected chi connectivity index (χ0v) is 23.6. The first kappa shape index (κ1) is 28.9. The third-order valence-electron chi connectivity index (χ3n) is 6.18. The number of aromatic nitrogens is 3. The molecule has 0 saturated heterocycles. The second kappa shape index (κ2) is 11.6. The van der Waals surface area contributed by atoms with Gasteiger partial charge in [-0.1, -0.05) is 6.58 Å². The van der Waals surface area contributed by atoms with E-state index in [1.807, 2.05) is 13.0 Å². The van der Waals surface area contributed by atoms with Crippen molar-refractivity contribution < 1.29 is 27.1 Å². The highest BCUT2D eigenvalue weighted by atomic mass is 32.2. The van der Waals surface area contributed by atoms with Crippen LogP contribution in [-0.2, 0) is 14.8 Å². The van der Waals surface area contributed by atoms with Crippen molar-refractivity contribution in [1.29, 1.82) is 0 Å². The van der Waals surface area contributed by atoms with Crippen molar-refractivity contribution in [3.8, 4) is 5.75 Å². The summed E-state index contributed by atoms with van der Waals surface area (Å²) in [6, 6.07) is 5.07. The summed E-state index contributed by atoms with van der Waals surface area (Å²) in [4.78, 5) is 24.2. The van der Waals surface area contributed by atoms with E-state index in [1.165, 1.54) is 6.07 Å². The minimum Gasteiger partial charge on any atom is -0.488 e. The third-order valence-corrected chi connectivity index (χ3v) is 7.49. The number of carbonyl (C=O) groups is 1. The van der Waals surface area contributed by atoms with Gasteiger partial charge in [-0.15, -0.1) is 0 Å². The summed E-state index contributed by atoms with van der Waals surface area (Å²) in [6.07, 6.45) is 8.25. The van der Waals surface area contributed by atoms with E-state index in [2.05, 4.69) is 26.8 Å². The van der Waals surface area contributed by atoms with Gasteiger partial charge in [0, 0.05) is 24.2 Å². The highest BCUT2D eigenvalue weighted by molar-refractivity contribution is 7.90. The van der Waals surface area contributed by atoms with E-state index in [4.69, 9.17) is 9.47 Å². The number of benzene rings is 1. The molecule has 1 aliphatic rings. The Morgan fingerprint density at radius 2 is 1.85 bits per heavy atom. The van der Waals surface area contributed by atoms with Gasteiger partial charge in [0.15, 0.2) is 0 Å². The Kier molecular flexibility index (Phi) is 8.38. The average Bonchev–Trinajstić information content (AvgIpc) is 3.33. The fourth-order valence-corrected chi connectivity index (χ4v) is 5.21. The lowest BCUT2D eigenvalue weighted by molar-refractivity contribution is 0.0570. The molecular formula is C28H32FN5O5S. The van der Waals surface area contributed by atoms with Crippen molar-refractivity contribution in [2.24, 2.45) is 0 Å². The number of halogens is 1. The lowest BCUT2D eigenvalue weighted by Gasteiger charge is -2.19. The van der Waals surface area contributed by atoms with E-state index in [-0.39, 0.29) is 23.7 Å². The molecule has 1 fully saturated rings. The molecule has 2 atom stereocenters. The summed E-state index contributed by atoms with van der Waals surface area (Å²) in [5, 5.41) is 2.75. The third kappa shape index (κ3) is 7.32. The van der Waals surface area contributed by atoms with Crippen molar-refractivity contribution in [2.45, 2.75) is 69.5 Å². The summed E-state index contributed by atoms with van der Waals surface area (Å²) in [6.45, 7) is 10.7. The Morgan fingerprint density at radius 3 is 2.50 bits per heavy atom. The summed E-state index contributed by atoms with van der Waals surface area (Å²) in [7, 11) is -4.33. The normalized spacial score (nSPS) is 17.2. The van der Waals surface area contributed by atoms with Gasteiger partial charge >= 0.3 is 6.09 Å². The number of sulfonamides is 1. The average molecular weight is 570 g/mol. The minimum atomic E-state index is -4.33. The molecule has 3 aromatic rings. The number of pyridine rings is 1. The largest absolute Gasteiger partial charge is 0.488 e. The van der Waals surface area contributed by atoms with Gasteiger partial charge < -0.3 is 14.8 Å². The van der Waals surface area contributed by atoms with Gasteiger partial charge in [-0.05, 0) is 88.3 Å². The lowest BCUT2D eigenvalue weighted by atomic mass is 10.0. The van der Waals surface area contributed by atoms with Crippen LogP contribution in [0, 0.1) is 5.82 Å². The number of rotatable bonds is 8. The molecule has 40 heavy (non-hydrogen) atoms. The van der Waals surface area contributed by atoms with E-state index < -0.39 is 32.4 Å². The first-order valence-electron chi connectivity index (χ1n) is 12.7. The molecular weight excluding hydrogens is 537 g/mol. The molecule has 12 heteroatoms. The van der Waals surface area contributed by atoms with E-state index in [0.717, 1.165) is 53.8 Å².